The SMILES string of the molecule is COCCNC(=O)[C@@H]1CCCN(C2CCN(Cc3c(C)nn(C)c3C)CC2)C1. The van der Waals surface area contributed by atoms with E-state index in [-0.39, 0.29) is 11.8 Å². The van der Waals surface area contributed by atoms with Crippen LogP contribution in [0, 0.1) is 19.8 Å². The monoisotopic (exact) mass is 391 g/mol. The molecule has 0 spiro atoms. The minimum Gasteiger partial charge on any atom is -0.383 e. The molecule has 3 rings (SSSR count). The van der Waals surface area contributed by atoms with E-state index in [2.05, 4.69) is 34.1 Å². The Morgan fingerprint density at radius 2 is 1.96 bits per heavy atom. The van der Waals surface area contributed by atoms with Crippen molar-refractivity contribution in [2.24, 2.45) is 13.0 Å². The quantitative estimate of drug-likeness (QED) is 0.714. The molecule has 2 aliphatic heterocycles. The number of hydrogen-bond acceptors (Lipinski definition) is 5. The predicted molar refractivity (Wildman–Crippen MR) is 110 cm³/mol. The summed E-state index contributed by atoms with van der Waals surface area (Å²) in [6, 6.07) is 0.613. The molecule has 1 amide bonds. The number of piperidine rings is 2. The lowest BCUT2D eigenvalue weighted by molar-refractivity contribution is -0.127. The van der Waals surface area contributed by atoms with Crippen LogP contribution in [0.5, 0.6) is 0 Å². The second-order valence-corrected chi connectivity index (χ2v) is 8.40. The topological polar surface area (TPSA) is 62.6 Å². The molecule has 1 atom stereocenters. The van der Waals surface area contributed by atoms with Gasteiger partial charge in [0, 0.05) is 51.1 Å². The normalized spacial score (nSPS) is 22.5. The Kier molecular flexibility index (Phi) is 7.48. The summed E-state index contributed by atoms with van der Waals surface area (Å²) >= 11 is 0. The first kappa shape index (κ1) is 21.3. The van der Waals surface area contributed by atoms with Gasteiger partial charge in [-0.15, -0.1) is 0 Å². The van der Waals surface area contributed by atoms with Crippen LogP contribution in [0.25, 0.3) is 0 Å². The molecule has 7 nitrogen and oxygen atoms in total. The molecule has 3 heterocycles. The summed E-state index contributed by atoms with van der Waals surface area (Å²) in [5, 5.41) is 7.57. The van der Waals surface area contributed by atoms with Gasteiger partial charge in [0.05, 0.1) is 18.2 Å². The van der Waals surface area contributed by atoms with E-state index >= 15 is 0 Å². The molecule has 158 valence electrons. The van der Waals surface area contributed by atoms with Crippen molar-refractivity contribution in [3.05, 3.63) is 17.0 Å². The fourth-order valence-electron chi connectivity index (χ4n) is 4.69. The molecule has 2 fully saturated rings. The molecule has 28 heavy (non-hydrogen) atoms. The smallest absolute Gasteiger partial charge is 0.224 e. The number of nitrogens with one attached hydrogen (secondary N) is 1. The first-order valence-corrected chi connectivity index (χ1v) is 10.7. The first-order chi connectivity index (χ1) is 13.5. The van der Waals surface area contributed by atoms with Crippen LogP contribution in [-0.4, -0.2) is 78.0 Å². The zero-order valence-corrected chi connectivity index (χ0v) is 18.0. The highest BCUT2D eigenvalue weighted by atomic mass is 16.5. The van der Waals surface area contributed by atoms with Crippen LogP contribution in [0.3, 0.4) is 0 Å². The zero-order chi connectivity index (χ0) is 20.1. The van der Waals surface area contributed by atoms with Crippen LogP contribution < -0.4 is 5.32 Å². The zero-order valence-electron chi connectivity index (χ0n) is 18.0. The maximum absolute atomic E-state index is 12.4. The summed E-state index contributed by atoms with van der Waals surface area (Å²) in [6.45, 7) is 10.8. The molecule has 1 aromatic heterocycles. The molecule has 0 radical (unpaired) electrons. The average Bonchev–Trinajstić information content (AvgIpc) is 2.95. The number of likely N-dealkylation sites (tertiary alicyclic amines) is 2. The summed E-state index contributed by atoms with van der Waals surface area (Å²) in [5.74, 6) is 0.325. The molecule has 1 N–H and O–H groups in total. The number of nitrogens with zero attached hydrogens (tertiary/aromatic N) is 4. The van der Waals surface area contributed by atoms with Gasteiger partial charge in [0.25, 0.3) is 0 Å². The van der Waals surface area contributed by atoms with Crippen molar-refractivity contribution in [3.63, 3.8) is 0 Å². The lowest BCUT2D eigenvalue weighted by atomic mass is 9.93. The Hall–Kier alpha value is -1.44. The van der Waals surface area contributed by atoms with Gasteiger partial charge in [0.2, 0.25) is 5.91 Å². The van der Waals surface area contributed by atoms with E-state index in [1.807, 2.05) is 11.7 Å². The number of aromatic nitrogens is 2. The average molecular weight is 392 g/mol. The van der Waals surface area contributed by atoms with Crippen LogP contribution in [-0.2, 0) is 23.1 Å². The van der Waals surface area contributed by atoms with Gasteiger partial charge in [-0.3, -0.25) is 19.3 Å². The van der Waals surface area contributed by atoms with E-state index in [0.717, 1.165) is 51.3 Å². The van der Waals surface area contributed by atoms with Crippen LogP contribution in [0.1, 0.15) is 42.6 Å². The van der Waals surface area contributed by atoms with E-state index in [1.165, 1.54) is 24.1 Å². The van der Waals surface area contributed by atoms with Gasteiger partial charge in [-0.25, -0.2) is 0 Å². The Bertz CT molecular complexity index is 651. The molecule has 0 bridgehead atoms. The number of hydrogen-bond donors (Lipinski definition) is 1. The van der Waals surface area contributed by atoms with Gasteiger partial charge in [-0.1, -0.05) is 0 Å². The predicted octanol–water partition coefficient (Wildman–Crippen LogP) is 1.48. The number of aryl methyl sites for hydroxylation is 2. The Balaban J connectivity index is 1.47. The second-order valence-electron chi connectivity index (χ2n) is 8.40. The van der Waals surface area contributed by atoms with Gasteiger partial charge in [0.15, 0.2) is 0 Å². The van der Waals surface area contributed by atoms with E-state index < -0.39 is 0 Å². The lowest BCUT2D eigenvalue weighted by Crippen LogP contribution is -2.50. The molecule has 2 saturated heterocycles. The maximum Gasteiger partial charge on any atom is 0.224 e. The molecule has 0 aromatic carbocycles. The summed E-state index contributed by atoms with van der Waals surface area (Å²) in [6.07, 6.45) is 4.51. The van der Waals surface area contributed by atoms with Gasteiger partial charge in [0.1, 0.15) is 0 Å². The Labute approximate surface area is 169 Å². The maximum atomic E-state index is 12.4. The van der Waals surface area contributed by atoms with E-state index in [4.69, 9.17) is 4.74 Å². The van der Waals surface area contributed by atoms with Crippen molar-refractivity contribution >= 4 is 5.91 Å². The minimum atomic E-state index is 0.129. The van der Waals surface area contributed by atoms with Crippen molar-refractivity contribution in [1.29, 1.82) is 0 Å². The van der Waals surface area contributed by atoms with Gasteiger partial charge >= 0.3 is 0 Å². The third-order valence-electron chi connectivity index (χ3n) is 6.54. The Morgan fingerprint density at radius 1 is 1.21 bits per heavy atom. The van der Waals surface area contributed by atoms with Crippen molar-refractivity contribution < 1.29 is 9.53 Å². The standard InChI is InChI=1S/C21H37N5O2/c1-16-20(17(2)24(3)23-16)15-25-11-7-19(8-12-25)26-10-5-6-18(14-26)21(27)22-9-13-28-4/h18-19H,5-15H2,1-4H3,(H,22,27)/t18-/m1/s1. The molecular formula is C21H37N5O2. The van der Waals surface area contributed by atoms with Crippen LogP contribution in [0.2, 0.25) is 0 Å². The number of ether oxygens (including phenoxy) is 1. The number of rotatable bonds is 7. The van der Waals surface area contributed by atoms with Crippen LogP contribution >= 0.6 is 0 Å². The molecule has 2 aliphatic rings. The van der Waals surface area contributed by atoms with Crippen molar-refractivity contribution in [1.82, 2.24) is 24.9 Å². The number of amides is 1. The minimum absolute atomic E-state index is 0.129. The van der Waals surface area contributed by atoms with Crippen LogP contribution in [0.15, 0.2) is 0 Å². The number of carbonyl (C=O) groups is 1. The third kappa shape index (κ3) is 5.13. The highest BCUT2D eigenvalue weighted by molar-refractivity contribution is 5.78. The summed E-state index contributed by atoms with van der Waals surface area (Å²) in [7, 11) is 3.69. The summed E-state index contributed by atoms with van der Waals surface area (Å²) in [4.78, 5) is 17.5. The lowest BCUT2D eigenvalue weighted by Gasteiger charge is -2.42. The number of carbonyl (C=O) groups excluding carboxylic acids is 1. The second kappa shape index (κ2) is 9.85. The van der Waals surface area contributed by atoms with E-state index in [9.17, 15) is 4.79 Å². The molecule has 0 unspecified atom stereocenters. The molecule has 1 aromatic rings. The molecule has 0 aliphatic carbocycles. The number of methoxy groups -OCH3 is 1. The van der Waals surface area contributed by atoms with Crippen molar-refractivity contribution in [2.75, 3.05) is 46.4 Å². The fraction of sp³-hybridized carbons (Fsp3) is 0.810. The first-order valence-electron chi connectivity index (χ1n) is 10.7. The van der Waals surface area contributed by atoms with Crippen molar-refractivity contribution in [3.8, 4) is 0 Å². The fourth-order valence-corrected chi connectivity index (χ4v) is 4.69. The molecule has 7 heteroatoms. The summed E-state index contributed by atoms with van der Waals surface area (Å²) < 4.78 is 7.02. The van der Waals surface area contributed by atoms with Crippen molar-refractivity contribution in [2.45, 2.75) is 52.1 Å². The highest BCUT2D eigenvalue weighted by Crippen LogP contribution is 2.25. The van der Waals surface area contributed by atoms with Gasteiger partial charge in [-0.2, -0.15) is 5.10 Å². The van der Waals surface area contributed by atoms with Gasteiger partial charge < -0.3 is 10.1 Å². The van der Waals surface area contributed by atoms with Gasteiger partial charge in [-0.05, 0) is 59.2 Å². The third-order valence-corrected chi connectivity index (χ3v) is 6.54. The largest absolute Gasteiger partial charge is 0.383 e. The highest BCUT2D eigenvalue weighted by Gasteiger charge is 2.31. The van der Waals surface area contributed by atoms with Crippen LogP contribution in [0.4, 0.5) is 0 Å². The molecule has 0 saturated carbocycles. The van der Waals surface area contributed by atoms with E-state index in [1.54, 1.807) is 7.11 Å². The summed E-state index contributed by atoms with van der Waals surface area (Å²) in [5.41, 5.74) is 3.81. The Morgan fingerprint density at radius 3 is 2.61 bits per heavy atom. The van der Waals surface area contributed by atoms with E-state index in [0.29, 0.717) is 19.2 Å². The molecular weight excluding hydrogens is 354 g/mol.